The second kappa shape index (κ2) is 6.29. The first-order valence-corrected chi connectivity index (χ1v) is 8.46. The van der Waals surface area contributed by atoms with E-state index in [0.29, 0.717) is 38.2 Å². The molecule has 0 aromatic carbocycles. The zero-order valence-corrected chi connectivity index (χ0v) is 14.5. The first-order valence-electron chi connectivity index (χ1n) is 7.03. The number of imidazole rings is 1. The summed E-state index contributed by atoms with van der Waals surface area (Å²) in [5.74, 6) is 1.10. The average Bonchev–Trinajstić information content (AvgIpc) is 2.83. The quantitative estimate of drug-likeness (QED) is 0.546. The molecule has 126 valence electrons. The number of thiol groups is 1. The Morgan fingerprint density at radius 3 is 2.62 bits per heavy atom. The van der Waals surface area contributed by atoms with Crippen LogP contribution in [0.1, 0.15) is 12.5 Å². The van der Waals surface area contributed by atoms with Gasteiger partial charge in [-0.05, 0) is 17.9 Å². The summed E-state index contributed by atoms with van der Waals surface area (Å²) >= 11 is 5.53. The SMILES string of the molecule is CCSc1cc(C(F)(F)F)cnc1-c1nc2cc(S)cnc2n1C. The number of hydrogen-bond acceptors (Lipinski definition) is 5. The summed E-state index contributed by atoms with van der Waals surface area (Å²) < 4.78 is 40.6. The number of hydrogen-bond donors (Lipinski definition) is 1. The molecule has 3 aromatic rings. The largest absolute Gasteiger partial charge is 0.417 e. The summed E-state index contributed by atoms with van der Waals surface area (Å²) in [5.41, 5.74) is 0.888. The molecule has 0 saturated heterocycles. The third kappa shape index (κ3) is 3.10. The van der Waals surface area contributed by atoms with Crippen LogP contribution < -0.4 is 0 Å². The molecule has 0 amide bonds. The fourth-order valence-electron chi connectivity index (χ4n) is 2.31. The molecule has 4 nitrogen and oxygen atoms in total. The first-order chi connectivity index (χ1) is 11.3. The highest BCUT2D eigenvalue weighted by molar-refractivity contribution is 7.99. The van der Waals surface area contributed by atoms with E-state index in [-0.39, 0.29) is 0 Å². The number of fused-ring (bicyclic) bond motifs is 1. The van der Waals surface area contributed by atoms with E-state index in [1.807, 2.05) is 6.92 Å². The van der Waals surface area contributed by atoms with Crippen molar-refractivity contribution in [1.82, 2.24) is 19.5 Å². The van der Waals surface area contributed by atoms with Crippen LogP contribution in [0, 0.1) is 0 Å². The molecule has 0 spiro atoms. The minimum atomic E-state index is -4.43. The highest BCUT2D eigenvalue weighted by atomic mass is 32.2. The zero-order valence-electron chi connectivity index (χ0n) is 12.8. The fraction of sp³-hybridized carbons (Fsp3) is 0.267. The summed E-state index contributed by atoms with van der Waals surface area (Å²) in [4.78, 5) is 13.9. The Balaban J connectivity index is 2.20. The number of halogens is 3. The van der Waals surface area contributed by atoms with E-state index < -0.39 is 11.7 Å². The molecule has 0 radical (unpaired) electrons. The Labute approximate surface area is 145 Å². The second-order valence-corrected chi connectivity index (χ2v) is 6.85. The molecular formula is C15H13F3N4S2. The van der Waals surface area contributed by atoms with Crippen molar-refractivity contribution < 1.29 is 13.2 Å². The number of alkyl halides is 3. The van der Waals surface area contributed by atoms with Gasteiger partial charge in [-0.3, -0.25) is 4.98 Å². The van der Waals surface area contributed by atoms with Crippen molar-refractivity contribution in [1.29, 1.82) is 0 Å². The number of aromatic nitrogens is 4. The standard InChI is InChI=1S/C15H13F3N4S2/c1-3-24-11-4-8(15(16,17)18)6-19-12(11)14-21-10-5-9(23)7-20-13(10)22(14)2/h4-7,23H,3H2,1-2H3. The topological polar surface area (TPSA) is 43.6 Å². The van der Waals surface area contributed by atoms with E-state index in [4.69, 9.17) is 0 Å². The van der Waals surface area contributed by atoms with Crippen molar-refractivity contribution >= 4 is 35.6 Å². The number of aryl methyl sites for hydroxylation is 1. The summed E-state index contributed by atoms with van der Waals surface area (Å²) in [6, 6.07) is 2.87. The molecule has 0 bridgehead atoms. The van der Waals surface area contributed by atoms with Gasteiger partial charge in [0, 0.05) is 29.2 Å². The first kappa shape index (κ1) is 17.1. The maximum atomic E-state index is 12.9. The molecule has 9 heteroatoms. The van der Waals surface area contributed by atoms with Gasteiger partial charge in [-0.2, -0.15) is 13.2 Å². The van der Waals surface area contributed by atoms with Gasteiger partial charge in [0.2, 0.25) is 0 Å². The van der Waals surface area contributed by atoms with Crippen LogP contribution in [-0.4, -0.2) is 25.3 Å². The Kier molecular flexibility index (Phi) is 4.48. The van der Waals surface area contributed by atoms with Crippen molar-refractivity contribution in [3.63, 3.8) is 0 Å². The van der Waals surface area contributed by atoms with Crippen LogP contribution in [0.5, 0.6) is 0 Å². The van der Waals surface area contributed by atoms with Crippen molar-refractivity contribution in [2.45, 2.75) is 22.9 Å². The lowest BCUT2D eigenvalue weighted by Gasteiger charge is -2.11. The van der Waals surface area contributed by atoms with E-state index in [0.717, 1.165) is 12.3 Å². The third-order valence-corrected chi connectivity index (χ3v) is 4.54. The number of pyridine rings is 2. The maximum Gasteiger partial charge on any atom is 0.417 e. The minimum absolute atomic E-state index is 0.413. The van der Waals surface area contributed by atoms with Crippen LogP contribution in [-0.2, 0) is 13.2 Å². The van der Waals surface area contributed by atoms with Crippen molar-refractivity contribution in [3.8, 4) is 11.5 Å². The Hall–Kier alpha value is -1.74. The van der Waals surface area contributed by atoms with Crippen molar-refractivity contribution in [2.75, 3.05) is 5.75 Å². The lowest BCUT2D eigenvalue weighted by Crippen LogP contribution is -2.07. The van der Waals surface area contributed by atoms with Gasteiger partial charge in [0.25, 0.3) is 0 Å². The van der Waals surface area contributed by atoms with E-state index in [1.54, 1.807) is 23.9 Å². The molecule has 0 unspecified atom stereocenters. The smallest absolute Gasteiger partial charge is 0.310 e. The van der Waals surface area contributed by atoms with Crippen LogP contribution in [0.15, 0.2) is 34.3 Å². The molecule has 0 aliphatic rings. The molecule has 0 N–H and O–H groups in total. The predicted molar refractivity (Wildman–Crippen MR) is 90.4 cm³/mol. The second-order valence-electron chi connectivity index (χ2n) is 5.03. The van der Waals surface area contributed by atoms with Gasteiger partial charge < -0.3 is 4.57 Å². The minimum Gasteiger partial charge on any atom is -0.310 e. The van der Waals surface area contributed by atoms with E-state index in [2.05, 4.69) is 27.6 Å². The number of thioether (sulfide) groups is 1. The number of rotatable bonds is 3. The molecule has 0 fully saturated rings. The fourth-order valence-corrected chi connectivity index (χ4v) is 3.29. The Bertz CT molecular complexity index is 906. The summed E-state index contributed by atoms with van der Waals surface area (Å²) in [6.45, 7) is 1.87. The van der Waals surface area contributed by atoms with Gasteiger partial charge in [-0.15, -0.1) is 24.4 Å². The lowest BCUT2D eigenvalue weighted by atomic mass is 10.2. The number of nitrogens with zero attached hydrogens (tertiary/aromatic N) is 4. The normalized spacial score (nSPS) is 12.1. The van der Waals surface area contributed by atoms with E-state index in [1.165, 1.54) is 11.8 Å². The molecule has 0 aliphatic carbocycles. The average molecular weight is 370 g/mol. The van der Waals surface area contributed by atoms with Crippen LogP contribution in [0.3, 0.4) is 0 Å². The van der Waals surface area contributed by atoms with Crippen LogP contribution in [0.2, 0.25) is 0 Å². The predicted octanol–water partition coefficient (Wildman–Crippen LogP) is 4.45. The molecule has 0 saturated carbocycles. The molecule has 24 heavy (non-hydrogen) atoms. The summed E-state index contributed by atoms with van der Waals surface area (Å²) in [5, 5.41) is 0. The highest BCUT2D eigenvalue weighted by Crippen LogP contribution is 2.36. The molecule has 3 heterocycles. The maximum absolute atomic E-state index is 12.9. The molecule has 0 aliphatic heterocycles. The lowest BCUT2D eigenvalue weighted by molar-refractivity contribution is -0.138. The molecular weight excluding hydrogens is 357 g/mol. The van der Waals surface area contributed by atoms with Gasteiger partial charge >= 0.3 is 6.18 Å². The van der Waals surface area contributed by atoms with Crippen molar-refractivity contribution in [3.05, 3.63) is 30.1 Å². The third-order valence-electron chi connectivity index (χ3n) is 3.39. The van der Waals surface area contributed by atoms with Crippen LogP contribution >= 0.6 is 24.4 Å². The highest BCUT2D eigenvalue weighted by Gasteiger charge is 2.32. The van der Waals surface area contributed by atoms with Gasteiger partial charge in [0.1, 0.15) is 11.2 Å². The van der Waals surface area contributed by atoms with E-state index in [9.17, 15) is 13.2 Å². The molecule has 3 rings (SSSR count). The van der Waals surface area contributed by atoms with Crippen LogP contribution in [0.25, 0.3) is 22.7 Å². The van der Waals surface area contributed by atoms with Gasteiger partial charge in [-0.25, -0.2) is 9.97 Å². The van der Waals surface area contributed by atoms with Crippen molar-refractivity contribution in [2.24, 2.45) is 7.05 Å². The van der Waals surface area contributed by atoms with Gasteiger partial charge in [-0.1, -0.05) is 6.92 Å². The Morgan fingerprint density at radius 1 is 1.21 bits per heavy atom. The Morgan fingerprint density at radius 2 is 1.96 bits per heavy atom. The van der Waals surface area contributed by atoms with Gasteiger partial charge in [0.15, 0.2) is 11.5 Å². The monoisotopic (exact) mass is 370 g/mol. The van der Waals surface area contributed by atoms with Crippen LogP contribution in [0.4, 0.5) is 13.2 Å². The zero-order chi connectivity index (χ0) is 17.5. The van der Waals surface area contributed by atoms with E-state index >= 15 is 0 Å². The van der Waals surface area contributed by atoms with Gasteiger partial charge in [0.05, 0.1) is 5.56 Å². The summed E-state index contributed by atoms with van der Waals surface area (Å²) in [6.07, 6.45) is -1.99. The summed E-state index contributed by atoms with van der Waals surface area (Å²) in [7, 11) is 1.76. The molecule has 0 atom stereocenters. The molecule has 3 aromatic heterocycles.